The van der Waals surface area contributed by atoms with Crippen LogP contribution >= 0.6 is 11.6 Å². The molecule has 4 nitrogen and oxygen atoms in total. The first-order valence-corrected chi connectivity index (χ1v) is 7.99. The molecule has 1 aromatic carbocycles. The van der Waals surface area contributed by atoms with Crippen molar-refractivity contribution >= 4 is 17.5 Å². The number of benzene rings is 1. The maximum atomic E-state index is 12.7. The van der Waals surface area contributed by atoms with Gasteiger partial charge in [0.1, 0.15) is 0 Å². The van der Waals surface area contributed by atoms with E-state index in [2.05, 4.69) is 10.2 Å². The summed E-state index contributed by atoms with van der Waals surface area (Å²) in [5.74, 6) is 0.171. The predicted octanol–water partition coefficient (Wildman–Crippen LogP) is 3.59. The molecule has 2 aromatic rings. The number of hydrogen-bond donors (Lipinski definition) is 1. The second-order valence-corrected chi connectivity index (χ2v) is 6.32. The monoisotopic (exact) mass is 317 g/mol. The summed E-state index contributed by atoms with van der Waals surface area (Å²) in [5.41, 5.74) is 4.07. The number of hydrogen-bond acceptors (Lipinski definition) is 2. The van der Waals surface area contributed by atoms with Gasteiger partial charge in [-0.3, -0.25) is 9.89 Å². The lowest BCUT2D eigenvalue weighted by Gasteiger charge is -2.25. The zero-order valence-corrected chi connectivity index (χ0v) is 13.7. The number of H-pyrrole nitrogens is 1. The van der Waals surface area contributed by atoms with Gasteiger partial charge >= 0.3 is 0 Å². The van der Waals surface area contributed by atoms with Gasteiger partial charge in [0, 0.05) is 22.8 Å². The van der Waals surface area contributed by atoms with Crippen LogP contribution in [0.3, 0.4) is 0 Å². The van der Waals surface area contributed by atoms with Gasteiger partial charge in [-0.1, -0.05) is 23.7 Å². The molecule has 1 aliphatic heterocycles. The molecule has 1 saturated heterocycles. The van der Waals surface area contributed by atoms with Crippen molar-refractivity contribution in [1.29, 1.82) is 0 Å². The lowest BCUT2D eigenvalue weighted by molar-refractivity contribution is -0.131. The first-order valence-electron chi connectivity index (χ1n) is 7.61. The van der Waals surface area contributed by atoms with E-state index in [1.54, 1.807) is 0 Å². The van der Waals surface area contributed by atoms with Gasteiger partial charge < -0.3 is 4.90 Å². The molecule has 2 heterocycles. The number of aromatic nitrogens is 2. The Bertz CT molecular complexity index is 658. The van der Waals surface area contributed by atoms with Crippen molar-refractivity contribution in [2.75, 3.05) is 6.54 Å². The van der Waals surface area contributed by atoms with E-state index in [-0.39, 0.29) is 11.9 Å². The highest BCUT2D eigenvalue weighted by Gasteiger charge is 2.30. The number of carbonyl (C=O) groups is 1. The molecule has 22 heavy (non-hydrogen) atoms. The van der Waals surface area contributed by atoms with Crippen molar-refractivity contribution in [2.24, 2.45) is 0 Å². The van der Waals surface area contributed by atoms with Crippen LogP contribution in [0.15, 0.2) is 24.3 Å². The van der Waals surface area contributed by atoms with Crippen molar-refractivity contribution in [2.45, 2.75) is 39.2 Å². The summed E-state index contributed by atoms with van der Waals surface area (Å²) in [7, 11) is 0. The van der Waals surface area contributed by atoms with Gasteiger partial charge in [0.15, 0.2) is 0 Å². The quantitative estimate of drug-likeness (QED) is 0.940. The molecule has 1 atom stereocenters. The Morgan fingerprint density at radius 2 is 2.09 bits per heavy atom. The van der Waals surface area contributed by atoms with Gasteiger partial charge in [0.25, 0.3) is 0 Å². The Kier molecular flexibility index (Phi) is 4.21. The molecule has 116 valence electrons. The first-order chi connectivity index (χ1) is 10.6. The van der Waals surface area contributed by atoms with Crippen LogP contribution in [0.5, 0.6) is 0 Å². The third kappa shape index (κ3) is 2.88. The van der Waals surface area contributed by atoms with E-state index in [0.29, 0.717) is 6.42 Å². The zero-order valence-electron chi connectivity index (χ0n) is 12.9. The summed E-state index contributed by atoms with van der Waals surface area (Å²) in [4.78, 5) is 14.7. The maximum absolute atomic E-state index is 12.7. The molecule has 0 saturated carbocycles. The molecule has 5 heteroatoms. The highest BCUT2D eigenvalue weighted by atomic mass is 35.5. The Morgan fingerprint density at radius 3 is 2.73 bits per heavy atom. The Balaban J connectivity index is 1.78. The minimum atomic E-state index is 0.164. The third-order valence-electron chi connectivity index (χ3n) is 4.44. The summed E-state index contributed by atoms with van der Waals surface area (Å²) in [5, 5.41) is 7.85. The molecular formula is C17H20ClN3O. The third-order valence-corrected chi connectivity index (χ3v) is 4.69. The van der Waals surface area contributed by atoms with Crippen LogP contribution in [-0.2, 0) is 11.2 Å². The van der Waals surface area contributed by atoms with Crippen molar-refractivity contribution < 1.29 is 4.79 Å². The summed E-state index contributed by atoms with van der Waals surface area (Å²) in [6.07, 6.45) is 2.47. The molecule has 0 radical (unpaired) electrons. The summed E-state index contributed by atoms with van der Waals surface area (Å²) in [6, 6.07) is 7.99. The lowest BCUT2D eigenvalue weighted by atomic mass is 10.0. The van der Waals surface area contributed by atoms with Crippen LogP contribution in [0.25, 0.3) is 0 Å². The van der Waals surface area contributed by atoms with E-state index in [4.69, 9.17) is 11.6 Å². The molecule has 1 amide bonds. The molecule has 1 aliphatic rings. The summed E-state index contributed by atoms with van der Waals surface area (Å²) < 4.78 is 0. The fourth-order valence-electron chi connectivity index (χ4n) is 3.18. The molecule has 0 unspecified atom stereocenters. The fraction of sp³-hybridized carbons (Fsp3) is 0.412. The van der Waals surface area contributed by atoms with Crippen LogP contribution in [0, 0.1) is 13.8 Å². The number of aromatic amines is 1. The number of carbonyl (C=O) groups excluding carboxylic acids is 1. The number of amides is 1. The molecular weight excluding hydrogens is 298 g/mol. The molecule has 1 N–H and O–H groups in total. The van der Waals surface area contributed by atoms with Crippen LogP contribution in [0.1, 0.15) is 41.4 Å². The Morgan fingerprint density at radius 1 is 1.36 bits per heavy atom. The Hall–Kier alpha value is -1.81. The second-order valence-electron chi connectivity index (χ2n) is 5.89. The van der Waals surface area contributed by atoms with Crippen LogP contribution in [0.4, 0.5) is 0 Å². The van der Waals surface area contributed by atoms with E-state index < -0.39 is 0 Å². The van der Waals surface area contributed by atoms with Crippen LogP contribution in [-0.4, -0.2) is 27.5 Å². The molecule has 0 spiro atoms. The van der Waals surface area contributed by atoms with E-state index in [0.717, 1.165) is 46.9 Å². The highest BCUT2D eigenvalue weighted by molar-refractivity contribution is 6.30. The van der Waals surface area contributed by atoms with Crippen molar-refractivity contribution in [3.8, 4) is 0 Å². The van der Waals surface area contributed by atoms with E-state index in [1.165, 1.54) is 0 Å². The number of rotatable bonds is 3. The number of nitrogens with one attached hydrogen (secondary N) is 1. The van der Waals surface area contributed by atoms with Gasteiger partial charge in [0.05, 0.1) is 18.2 Å². The van der Waals surface area contributed by atoms with E-state index in [9.17, 15) is 4.79 Å². The smallest absolute Gasteiger partial charge is 0.227 e. The number of halogens is 1. The van der Waals surface area contributed by atoms with Crippen molar-refractivity contribution in [1.82, 2.24) is 15.1 Å². The predicted molar refractivity (Wildman–Crippen MR) is 86.9 cm³/mol. The molecule has 0 bridgehead atoms. The number of likely N-dealkylation sites (tertiary alicyclic amines) is 1. The van der Waals surface area contributed by atoms with Gasteiger partial charge in [-0.15, -0.1) is 0 Å². The maximum Gasteiger partial charge on any atom is 0.227 e. The number of aryl methyl sites for hydroxylation is 2. The highest BCUT2D eigenvalue weighted by Crippen LogP contribution is 2.33. The van der Waals surface area contributed by atoms with E-state index in [1.807, 2.05) is 43.0 Å². The van der Waals surface area contributed by atoms with Crippen molar-refractivity contribution in [3.05, 3.63) is 51.8 Å². The largest absolute Gasteiger partial charge is 0.335 e. The van der Waals surface area contributed by atoms with Gasteiger partial charge in [-0.25, -0.2) is 0 Å². The summed E-state index contributed by atoms with van der Waals surface area (Å²) >= 11 is 5.96. The normalized spacial score (nSPS) is 18.0. The van der Waals surface area contributed by atoms with Crippen LogP contribution < -0.4 is 0 Å². The average molecular weight is 318 g/mol. The fourth-order valence-corrected chi connectivity index (χ4v) is 3.31. The molecule has 3 rings (SSSR count). The Labute approximate surface area is 135 Å². The molecule has 0 aliphatic carbocycles. The molecule has 1 aromatic heterocycles. The average Bonchev–Trinajstić information content (AvgIpc) is 3.10. The van der Waals surface area contributed by atoms with Gasteiger partial charge in [0.2, 0.25) is 5.91 Å². The number of nitrogens with zero attached hydrogens (tertiary/aromatic N) is 2. The minimum Gasteiger partial charge on any atom is -0.335 e. The van der Waals surface area contributed by atoms with Gasteiger partial charge in [-0.05, 0) is 44.4 Å². The molecule has 1 fully saturated rings. The van der Waals surface area contributed by atoms with Crippen LogP contribution in [0.2, 0.25) is 5.02 Å². The summed E-state index contributed by atoms with van der Waals surface area (Å²) in [6.45, 7) is 4.72. The second kappa shape index (κ2) is 6.13. The van der Waals surface area contributed by atoms with Gasteiger partial charge in [-0.2, -0.15) is 5.10 Å². The minimum absolute atomic E-state index is 0.164. The topological polar surface area (TPSA) is 49.0 Å². The standard InChI is InChI=1S/C17H20ClN3O/c1-11-15(12(2)20-19-11)10-17(22)21-9-3-4-16(21)13-5-7-14(18)8-6-13/h5-8,16H,3-4,9-10H2,1-2H3,(H,19,20)/t16-/m1/s1. The lowest BCUT2D eigenvalue weighted by Crippen LogP contribution is -2.32. The zero-order chi connectivity index (χ0) is 15.7. The first kappa shape index (κ1) is 15.1. The van der Waals surface area contributed by atoms with E-state index >= 15 is 0 Å². The van der Waals surface area contributed by atoms with Crippen molar-refractivity contribution in [3.63, 3.8) is 0 Å². The SMILES string of the molecule is Cc1n[nH]c(C)c1CC(=O)N1CCC[C@@H]1c1ccc(Cl)cc1.